The van der Waals surface area contributed by atoms with Crippen LogP contribution < -0.4 is 5.32 Å². The first-order chi connectivity index (χ1) is 15.0. The summed E-state index contributed by atoms with van der Waals surface area (Å²) in [5.41, 5.74) is 1.89. The molecule has 1 aliphatic carbocycles. The minimum Gasteiger partial charge on any atom is -0.480 e. The minimum atomic E-state index is -0.908. The summed E-state index contributed by atoms with van der Waals surface area (Å²) in [6.45, 7) is 0. The van der Waals surface area contributed by atoms with E-state index in [0.29, 0.717) is 11.3 Å². The van der Waals surface area contributed by atoms with Gasteiger partial charge in [-0.25, -0.2) is 4.79 Å². The number of nitro benzene ring substituents is 1. The Labute approximate surface area is 187 Å². The van der Waals surface area contributed by atoms with Crippen molar-refractivity contribution in [3.05, 3.63) is 76.3 Å². The minimum absolute atomic E-state index is 0.0463. The van der Waals surface area contributed by atoms with Crippen molar-refractivity contribution < 1.29 is 14.8 Å². The maximum atomic E-state index is 12.1. The predicted octanol–water partition coefficient (Wildman–Crippen LogP) is 5.50. The molecule has 0 radical (unpaired) electrons. The zero-order chi connectivity index (χ0) is 21.7. The molecule has 1 saturated carbocycles. The van der Waals surface area contributed by atoms with Gasteiger partial charge in [0.05, 0.1) is 15.2 Å². The number of rotatable bonds is 4. The van der Waals surface area contributed by atoms with E-state index in [0.717, 1.165) is 22.0 Å². The number of nitro groups is 1. The van der Waals surface area contributed by atoms with E-state index in [1.807, 2.05) is 36.4 Å². The number of thioether (sulfide) groups is 1. The third-order valence-electron chi connectivity index (χ3n) is 6.31. The van der Waals surface area contributed by atoms with Crippen LogP contribution in [0.1, 0.15) is 17.9 Å². The molecule has 0 saturated heterocycles. The fraction of sp³-hybridized carbons (Fsp3) is 0.261. The number of halogens is 1. The number of nitrogens with zero attached hydrogens (tertiary/aromatic N) is 1. The largest absolute Gasteiger partial charge is 0.480 e. The van der Waals surface area contributed by atoms with E-state index in [9.17, 15) is 20.0 Å². The molecule has 158 valence electrons. The smallest absolute Gasteiger partial charge is 0.326 e. The lowest BCUT2D eigenvalue weighted by Crippen LogP contribution is -2.42. The molecule has 31 heavy (non-hydrogen) atoms. The Morgan fingerprint density at radius 3 is 2.65 bits per heavy atom. The second-order valence-corrected chi connectivity index (χ2v) is 9.74. The number of benzene rings is 3. The van der Waals surface area contributed by atoms with E-state index in [1.165, 1.54) is 17.8 Å². The summed E-state index contributed by atoms with van der Waals surface area (Å²) in [6.07, 6.45) is 0.558. The molecule has 1 aliphatic heterocycles. The standard InChI is InChI=1S/C23H19ClN2O4S/c24-21-18(31-17-8-4-3-7-16(17)26(29)30)11-14-20(21)19-13-6-2-1-5-12(13)9-10-15(19)25-22(14)23(27)28/h1-10,14,18,20-22,25H,11H2,(H,27,28)/t14-,18-,20-,21-,22+/m0/s1. The van der Waals surface area contributed by atoms with Gasteiger partial charge in [-0.15, -0.1) is 23.4 Å². The molecule has 0 spiro atoms. The lowest BCUT2D eigenvalue weighted by atomic mass is 9.77. The Hall–Kier alpha value is -2.77. The number of anilines is 1. The summed E-state index contributed by atoms with van der Waals surface area (Å²) >= 11 is 8.40. The number of fused-ring (bicyclic) bond motifs is 5. The van der Waals surface area contributed by atoms with Gasteiger partial charge in [0.1, 0.15) is 6.04 Å². The highest BCUT2D eigenvalue weighted by Crippen LogP contribution is 2.56. The fourth-order valence-corrected chi connectivity index (χ4v) is 6.95. The maximum absolute atomic E-state index is 12.1. The Balaban J connectivity index is 1.58. The Morgan fingerprint density at radius 2 is 1.87 bits per heavy atom. The predicted molar refractivity (Wildman–Crippen MR) is 122 cm³/mol. The quantitative estimate of drug-likeness (QED) is 0.307. The number of carboxylic acid groups (broad SMARTS) is 1. The Morgan fingerprint density at radius 1 is 1.13 bits per heavy atom. The third kappa shape index (κ3) is 3.32. The SMILES string of the molecule is O=C(O)[C@@H]1Nc2ccc3ccccc3c2[C@H]2[C@@H](Cl)[C@@H](Sc3ccccc3[N+](=O)[O-])C[C@@H]21. The first kappa shape index (κ1) is 20.2. The van der Waals surface area contributed by atoms with E-state index < -0.39 is 16.9 Å². The first-order valence-electron chi connectivity index (χ1n) is 10.0. The van der Waals surface area contributed by atoms with Crippen LogP contribution in [0.15, 0.2) is 65.6 Å². The molecule has 2 aliphatic rings. The van der Waals surface area contributed by atoms with Gasteiger partial charge in [-0.05, 0) is 40.8 Å². The van der Waals surface area contributed by atoms with Crippen molar-refractivity contribution in [3.8, 4) is 0 Å². The zero-order valence-corrected chi connectivity index (χ0v) is 17.8. The van der Waals surface area contributed by atoms with Gasteiger partial charge in [0.15, 0.2) is 0 Å². The molecule has 3 aromatic carbocycles. The van der Waals surface area contributed by atoms with Gasteiger partial charge in [-0.1, -0.05) is 42.5 Å². The number of nitrogens with one attached hydrogen (secondary N) is 1. The number of carbonyl (C=O) groups is 1. The van der Waals surface area contributed by atoms with Crippen LogP contribution in [0.2, 0.25) is 0 Å². The molecule has 3 aromatic rings. The van der Waals surface area contributed by atoms with Gasteiger partial charge < -0.3 is 10.4 Å². The molecule has 0 bridgehead atoms. The van der Waals surface area contributed by atoms with Crippen molar-refractivity contribution in [2.45, 2.75) is 33.9 Å². The molecular formula is C23H19ClN2O4S. The van der Waals surface area contributed by atoms with Gasteiger partial charge >= 0.3 is 5.97 Å². The van der Waals surface area contributed by atoms with Crippen molar-refractivity contribution in [2.75, 3.05) is 5.32 Å². The average Bonchev–Trinajstić information content (AvgIpc) is 3.09. The van der Waals surface area contributed by atoms with Crippen LogP contribution in [0.5, 0.6) is 0 Å². The van der Waals surface area contributed by atoms with Gasteiger partial charge in [-0.2, -0.15) is 0 Å². The lowest BCUT2D eigenvalue weighted by molar-refractivity contribution is -0.387. The first-order valence-corrected chi connectivity index (χ1v) is 11.3. The lowest BCUT2D eigenvalue weighted by Gasteiger charge is -2.36. The number of carboxylic acids is 1. The topological polar surface area (TPSA) is 92.5 Å². The van der Waals surface area contributed by atoms with Crippen LogP contribution in [0, 0.1) is 16.0 Å². The van der Waals surface area contributed by atoms with Crippen LogP contribution in [-0.4, -0.2) is 32.7 Å². The molecule has 1 fully saturated rings. The summed E-state index contributed by atoms with van der Waals surface area (Å²) in [5.74, 6) is -1.28. The molecule has 5 atom stereocenters. The van der Waals surface area contributed by atoms with Gasteiger partial charge in [0.2, 0.25) is 0 Å². The summed E-state index contributed by atoms with van der Waals surface area (Å²) < 4.78 is 0. The molecule has 0 aromatic heterocycles. The van der Waals surface area contributed by atoms with E-state index in [-0.39, 0.29) is 28.2 Å². The highest BCUT2D eigenvalue weighted by Gasteiger charge is 2.52. The van der Waals surface area contributed by atoms with E-state index in [4.69, 9.17) is 11.6 Å². The van der Waals surface area contributed by atoms with Gasteiger partial charge in [-0.3, -0.25) is 10.1 Å². The van der Waals surface area contributed by atoms with Crippen molar-refractivity contribution in [2.24, 2.45) is 5.92 Å². The molecule has 0 unspecified atom stereocenters. The molecule has 1 heterocycles. The normalized spacial score (nSPS) is 26.7. The molecule has 8 heteroatoms. The van der Waals surface area contributed by atoms with Crippen LogP contribution in [0.4, 0.5) is 11.4 Å². The maximum Gasteiger partial charge on any atom is 0.326 e. The molecule has 0 amide bonds. The van der Waals surface area contributed by atoms with Gasteiger partial charge in [0.25, 0.3) is 5.69 Å². The number of para-hydroxylation sites is 1. The molecule has 5 rings (SSSR count). The summed E-state index contributed by atoms with van der Waals surface area (Å²) in [5, 5.41) is 26.2. The Kier molecular flexibility index (Phi) is 5.02. The number of hydrogen-bond acceptors (Lipinski definition) is 5. The molecule has 6 nitrogen and oxygen atoms in total. The van der Waals surface area contributed by atoms with E-state index in [1.54, 1.807) is 18.2 Å². The number of alkyl halides is 1. The fourth-order valence-electron chi connectivity index (χ4n) is 5.01. The third-order valence-corrected chi connectivity index (χ3v) is 8.43. The van der Waals surface area contributed by atoms with Crippen LogP contribution >= 0.6 is 23.4 Å². The van der Waals surface area contributed by atoms with Gasteiger partial charge in [0, 0.05) is 22.9 Å². The summed E-state index contributed by atoms with van der Waals surface area (Å²) in [6, 6.07) is 17.8. The Bertz CT molecular complexity index is 1200. The highest BCUT2D eigenvalue weighted by molar-refractivity contribution is 8.00. The monoisotopic (exact) mass is 454 g/mol. The van der Waals surface area contributed by atoms with E-state index in [2.05, 4.69) is 5.32 Å². The van der Waals surface area contributed by atoms with Crippen LogP contribution in [-0.2, 0) is 4.79 Å². The van der Waals surface area contributed by atoms with Crippen molar-refractivity contribution in [3.63, 3.8) is 0 Å². The average molecular weight is 455 g/mol. The second-order valence-electron chi connectivity index (χ2n) is 7.96. The van der Waals surface area contributed by atoms with Crippen molar-refractivity contribution >= 4 is 51.5 Å². The van der Waals surface area contributed by atoms with Crippen LogP contribution in [0.3, 0.4) is 0 Å². The zero-order valence-electron chi connectivity index (χ0n) is 16.3. The summed E-state index contributed by atoms with van der Waals surface area (Å²) in [4.78, 5) is 23.7. The number of hydrogen-bond donors (Lipinski definition) is 2. The highest BCUT2D eigenvalue weighted by atomic mass is 35.5. The van der Waals surface area contributed by atoms with Crippen molar-refractivity contribution in [1.82, 2.24) is 0 Å². The van der Waals surface area contributed by atoms with Crippen LogP contribution in [0.25, 0.3) is 10.8 Å². The molecular weight excluding hydrogens is 436 g/mol. The molecule has 2 N–H and O–H groups in total. The second kappa shape index (κ2) is 7.73. The summed E-state index contributed by atoms with van der Waals surface area (Å²) in [7, 11) is 0. The number of aliphatic carboxylic acids is 1. The van der Waals surface area contributed by atoms with E-state index >= 15 is 0 Å². The van der Waals surface area contributed by atoms with Crippen molar-refractivity contribution in [1.29, 1.82) is 0 Å².